The van der Waals surface area contributed by atoms with Gasteiger partial charge in [-0.3, -0.25) is 0 Å². The molecule has 2 rings (SSSR count). The molecule has 0 saturated carbocycles. The molecule has 1 aromatic carbocycles. The van der Waals surface area contributed by atoms with E-state index in [9.17, 15) is 4.79 Å². The molecule has 6 heteroatoms. The molecule has 0 atom stereocenters. The molecule has 0 spiro atoms. The van der Waals surface area contributed by atoms with Gasteiger partial charge in [0, 0.05) is 25.8 Å². The minimum absolute atomic E-state index is 0.144. The highest BCUT2D eigenvalue weighted by molar-refractivity contribution is 5.87. The van der Waals surface area contributed by atoms with E-state index in [1.165, 1.54) is 13.2 Å². The zero-order valence-electron chi connectivity index (χ0n) is 12.2. The van der Waals surface area contributed by atoms with Crippen LogP contribution >= 0.6 is 0 Å². The number of nitrogens with zero attached hydrogens (tertiary/aromatic N) is 2. The van der Waals surface area contributed by atoms with Crippen molar-refractivity contribution in [1.82, 2.24) is 4.98 Å². The highest BCUT2D eigenvalue weighted by Crippen LogP contribution is 2.28. The standard InChI is InChI=1S/C15H17N3O3/c1-18(2)10-5-4-6-11(9-10)21-14-12(16)7-8-13(17-14)15(19)20-3/h4-9H,16H2,1-3H3. The second kappa shape index (κ2) is 6.13. The number of pyridine rings is 1. The first kappa shape index (κ1) is 14.6. The Balaban J connectivity index is 2.30. The first-order valence-electron chi connectivity index (χ1n) is 6.31. The van der Waals surface area contributed by atoms with Gasteiger partial charge >= 0.3 is 5.97 Å². The van der Waals surface area contributed by atoms with Crippen molar-refractivity contribution in [3.8, 4) is 11.6 Å². The SMILES string of the molecule is COC(=O)c1ccc(N)c(Oc2cccc(N(C)C)c2)n1. The van der Waals surface area contributed by atoms with Gasteiger partial charge in [-0.2, -0.15) is 0 Å². The Morgan fingerprint density at radius 1 is 1.24 bits per heavy atom. The van der Waals surface area contributed by atoms with Crippen LogP contribution in [0.15, 0.2) is 36.4 Å². The van der Waals surface area contributed by atoms with E-state index < -0.39 is 5.97 Å². The molecule has 0 bridgehead atoms. The van der Waals surface area contributed by atoms with E-state index in [-0.39, 0.29) is 11.6 Å². The van der Waals surface area contributed by atoms with Crippen LogP contribution in [0.2, 0.25) is 0 Å². The van der Waals surface area contributed by atoms with Crippen molar-refractivity contribution in [3.63, 3.8) is 0 Å². The molecule has 0 saturated heterocycles. The maximum atomic E-state index is 11.5. The van der Waals surface area contributed by atoms with Crippen molar-refractivity contribution in [2.75, 3.05) is 31.8 Å². The summed E-state index contributed by atoms with van der Waals surface area (Å²) in [6, 6.07) is 10.5. The topological polar surface area (TPSA) is 77.7 Å². The fraction of sp³-hybridized carbons (Fsp3) is 0.200. The number of hydrogen-bond acceptors (Lipinski definition) is 6. The summed E-state index contributed by atoms with van der Waals surface area (Å²) in [5.41, 5.74) is 7.30. The van der Waals surface area contributed by atoms with Crippen LogP contribution in [-0.2, 0) is 4.74 Å². The van der Waals surface area contributed by atoms with Crippen molar-refractivity contribution >= 4 is 17.3 Å². The number of esters is 1. The lowest BCUT2D eigenvalue weighted by Gasteiger charge is -2.14. The molecule has 6 nitrogen and oxygen atoms in total. The molecule has 2 N–H and O–H groups in total. The molecular weight excluding hydrogens is 270 g/mol. The normalized spacial score (nSPS) is 10.0. The largest absolute Gasteiger partial charge is 0.464 e. The number of hydrogen-bond donors (Lipinski definition) is 1. The third-order valence-electron chi connectivity index (χ3n) is 2.83. The van der Waals surface area contributed by atoms with Gasteiger partial charge in [0.25, 0.3) is 0 Å². The third-order valence-corrected chi connectivity index (χ3v) is 2.83. The van der Waals surface area contributed by atoms with Crippen molar-refractivity contribution in [3.05, 3.63) is 42.1 Å². The second-order valence-corrected chi connectivity index (χ2v) is 4.58. The van der Waals surface area contributed by atoms with Crippen LogP contribution in [0.5, 0.6) is 11.6 Å². The summed E-state index contributed by atoms with van der Waals surface area (Å²) in [7, 11) is 5.16. The third kappa shape index (κ3) is 3.42. The summed E-state index contributed by atoms with van der Waals surface area (Å²) in [5, 5.41) is 0. The first-order chi connectivity index (χ1) is 10.0. The molecule has 21 heavy (non-hydrogen) atoms. The number of benzene rings is 1. The Bertz CT molecular complexity index is 656. The van der Waals surface area contributed by atoms with Crippen molar-refractivity contribution in [2.24, 2.45) is 0 Å². The van der Waals surface area contributed by atoms with Crippen molar-refractivity contribution < 1.29 is 14.3 Å². The van der Waals surface area contributed by atoms with Gasteiger partial charge in [0.2, 0.25) is 5.88 Å². The summed E-state index contributed by atoms with van der Waals surface area (Å²) < 4.78 is 10.3. The fourth-order valence-corrected chi connectivity index (χ4v) is 1.69. The maximum absolute atomic E-state index is 11.5. The molecular formula is C15H17N3O3. The van der Waals surface area contributed by atoms with Crippen LogP contribution < -0.4 is 15.4 Å². The molecule has 0 unspecified atom stereocenters. The van der Waals surface area contributed by atoms with E-state index in [1.807, 2.05) is 37.2 Å². The van der Waals surface area contributed by atoms with Crippen LogP contribution in [0, 0.1) is 0 Å². The Labute approximate surface area is 123 Å². The van der Waals surface area contributed by atoms with E-state index in [0.29, 0.717) is 11.4 Å². The van der Waals surface area contributed by atoms with Crippen LogP contribution in [0.1, 0.15) is 10.5 Å². The van der Waals surface area contributed by atoms with Gasteiger partial charge in [-0.1, -0.05) is 6.07 Å². The summed E-state index contributed by atoms with van der Waals surface area (Å²) in [4.78, 5) is 17.5. The van der Waals surface area contributed by atoms with E-state index >= 15 is 0 Å². The number of methoxy groups -OCH3 is 1. The quantitative estimate of drug-likeness (QED) is 0.869. The predicted octanol–water partition coefficient (Wildman–Crippen LogP) is 2.31. The van der Waals surface area contributed by atoms with Crippen molar-refractivity contribution in [2.45, 2.75) is 0 Å². The second-order valence-electron chi connectivity index (χ2n) is 4.58. The van der Waals surface area contributed by atoms with E-state index in [0.717, 1.165) is 5.69 Å². The smallest absolute Gasteiger partial charge is 0.356 e. The number of ether oxygens (including phenoxy) is 2. The number of nitrogens with two attached hydrogens (primary N) is 1. The van der Waals surface area contributed by atoms with Crippen LogP contribution in [0.25, 0.3) is 0 Å². The van der Waals surface area contributed by atoms with Gasteiger partial charge in [0.1, 0.15) is 5.75 Å². The van der Waals surface area contributed by atoms with Gasteiger partial charge in [-0.25, -0.2) is 9.78 Å². The van der Waals surface area contributed by atoms with E-state index in [1.54, 1.807) is 12.1 Å². The first-order valence-corrected chi connectivity index (χ1v) is 6.31. The molecule has 0 fully saturated rings. The number of nitrogen functional groups attached to an aromatic ring is 1. The number of anilines is 2. The highest BCUT2D eigenvalue weighted by atomic mass is 16.5. The summed E-state index contributed by atoms with van der Waals surface area (Å²) in [5.74, 6) is 0.220. The lowest BCUT2D eigenvalue weighted by molar-refractivity contribution is 0.0593. The average Bonchev–Trinajstić information content (AvgIpc) is 2.49. The van der Waals surface area contributed by atoms with Gasteiger partial charge in [-0.15, -0.1) is 0 Å². The van der Waals surface area contributed by atoms with Crippen LogP contribution in [-0.4, -0.2) is 32.2 Å². The molecule has 1 aromatic heterocycles. The summed E-state index contributed by atoms with van der Waals surface area (Å²) in [6.07, 6.45) is 0. The number of carbonyl (C=O) groups is 1. The highest BCUT2D eigenvalue weighted by Gasteiger charge is 2.12. The zero-order valence-corrected chi connectivity index (χ0v) is 12.2. The predicted molar refractivity (Wildman–Crippen MR) is 80.8 cm³/mol. The molecule has 0 aliphatic carbocycles. The number of rotatable bonds is 4. The summed E-state index contributed by atoms with van der Waals surface area (Å²) >= 11 is 0. The monoisotopic (exact) mass is 287 g/mol. The number of aromatic nitrogens is 1. The van der Waals surface area contributed by atoms with Gasteiger partial charge in [-0.05, 0) is 24.3 Å². The van der Waals surface area contributed by atoms with Gasteiger partial charge in [0.15, 0.2) is 5.69 Å². The maximum Gasteiger partial charge on any atom is 0.356 e. The molecule has 0 aliphatic rings. The Kier molecular flexibility index (Phi) is 4.27. The lowest BCUT2D eigenvalue weighted by Crippen LogP contribution is -2.08. The number of carbonyl (C=O) groups excluding carboxylic acids is 1. The molecule has 110 valence electrons. The average molecular weight is 287 g/mol. The van der Waals surface area contributed by atoms with Gasteiger partial charge in [0.05, 0.1) is 12.8 Å². The molecule has 0 radical (unpaired) electrons. The minimum atomic E-state index is -0.540. The molecule has 2 aromatic rings. The van der Waals surface area contributed by atoms with E-state index in [2.05, 4.69) is 9.72 Å². The molecule has 1 heterocycles. The van der Waals surface area contributed by atoms with Crippen LogP contribution in [0.4, 0.5) is 11.4 Å². The minimum Gasteiger partial charge on any atom is -0.464 e. The Morgan fingerprint density at radius 2 is 2.00 bits per heavy atom. The fourth-order valence-electron chi connectivity index (χ4n) is 1.69. The molecule has 0 amide bonds. The lowest BCUT2D eigenvalue weighted by atomic mass is 10.3. The zero-order chi connectivity index (χ0) is 15.4. The van der Waals surface area contributed by atoms with Crippen molar-refractivity contribution in [1.29, 1.82) is 0 Å². The summed E-state index contributed by atoms with van der Waals surface area (Å²) in [6.45, 7) is 0. The van der Waals surface area contributed by atoms with Gasteiger partial charge < -0.3 is 20.1 Å². The Hall–Kier alpha value is -2.76. The molecule has 0 aliphatic heterocycles. The van der Waals surface area contributed by atoms with E-state index in [4.69, 9.17) is 10.5 Å². The Morgan fingerprint density at radius 3 is 2.67 bits per heavy atom. The van der Waals surface area contributed by atoms with Crippen LogP contribution in [0.3, 0.4) is 0 Å².